The monoisotopic (exact) mass is 197 g/mol. The summed E-state index contributed by atoms with van der Waals surface area (Å²) in [6.45, 7) is 0. The summed E-state index contributed by atoms with van der Waals surface area (Å²) in [6.07, 6.45) is 8.78. The predicted octanol–water partition coefficient (Wildman–Crippen LogP) is 2.19. The first kappa shape index (κ1) is 10.4. The van der Waals surface area contributed by atoms with Crippen molar-refractivity contribution in [3.63, 3.8) is 0 Å². The minimum absolute atomic E-state index is 0.550. The number of nitrogens with one attached hydrogen (secondary N) is 1. The fraction of sp³-hybridized carbons (Fsp3) is 1.00. The van der Waals surface area contributed by atoms with Gasteiger partial charge in [0.25, 0.3) is 0 Å². The first-order valence-corrected chi connectivity index (χ1v) is 6.07. The molecule has 2 aliphatic rings. The Bertz CT molecular complexity index is 163. The van der Waals surface area contributed by atoms with Crippen LogP contribution in [-0.2, 0) is 4.74 Å². The molecular formula is C12H23NO. The van der Waals surface area contributed by atoms with Crippen LogP contribution >= 0.6 is 0 Å². The highest BCUT2D eigenvalue weighted by molar-refractivity contribution is 4.92. The van der Waals surface area contributed by atoms with Gasteiger partial charge in [-0.15, -0.1) is 0 Å². The lowest BCUT2D eigenvalue weighted by Crippen LogP contribution is -2.36. The lowest BCUT2D eigenvalue weighted by molar-refractivity contribution is 0.0433. The quantitative estimate of drug-likeness (QED) is 0.749. The normalized spacial score (nSPS) is 43.3. The first-order chi connectivity index (χ1) is 6.86. The lowest BCUT2D eigenvalue weighted by atomic mass is 9.85. The number of methoxy groups -OCH3 is 1. The molecule has 2 nitrogen and oxygen atoms in total. The van der Waals surface area contributed by atoms with E-state index in [1.807, 2.05) is 7.11 Å². The molecule has 0 aromatic carbocycles. The van der Waals surface area contributed by atoms with E-state index in [1.165, 1.54) is 38.5 Å². The van der Waals surface area contributed by atoms with Gasteiger partial charge in [0, 0.05) is 13.2 Å². The minimum atomic E-state index is 0.550. The molecule has 1 N–H and O–H groups in total. The van der Waals surface area contributed by atoms with Crippen LogP contribution in [0.1, 0.15) is 38.5 Å². The van der Waals surface area contributed by atoms with Crippen LogP contribution in [-0.4, -0.2) is 26.3 Å². The highest BCUT2D eigenvalue weighted by Crippen LogP contribution is 2.41. The van der Waals surface area contributed by atoms with Crippen molar-refractivity contribution in [3.05, 3.63) is 0 Å². The molecule has 2 rings (SSSR count). The smallest absolute Gasteiger partial charge is 0.0602 e. The van der Waals surface area contributed by atoms with E-state index >= 15 is 0 Å². The second kappa shape index (κ2) is 4.63. The van der Waals surface area contributed by atoms with Gasteiger partial charge in [0.2, 0.25) is 0 Å². The molecular weight excluding hydrogens is 174 g/mol. The van der Waals surface area contributed by atoms with Crippen LogP contribution in [0.4, 0.5) is 0 Å². The molecule has 0 saturated heterocycles. The second-order valence-electron chi connectivity index (χ2n) is 4.86. The van der Waals surface area contributed by atoms with E-state index < -0.39 is 0 Å². The Kier molecular flexibility index (Phi) is 3.45. The Hall–Kier alpha value is -0.0800. The van der Waals surface area contributed by atoms with E-state index in [0.29, 0.717) is 6.10 Å². The van der Waals surface area contributed by atoms with E-state index in [9.17, 15) is 0 Å². The van der Waals surface area contributed by atoms with Gasteiger partial charge in [0.1, 0.15) is 0 Å². The molecule has 2 fully saturated rings. The third-order valence-corrected chi connectivity index (χ3v) is 4.30. The zero-order chi connectivity index (χ0) is 9.97. The van der Waals surface area contributed by atoms with Crippen molar-refractivity contribution in [1.82, 2.24) is 5.32 Å². The van der Waals surface area contributed by atoms with Crippen molar-refractivity contribution < 1.29 is 4.74 Å². The Morgan fingerprint density at radius 1 is 1.00 bits per heavy atom. The van der Waals surface area contributed by atoms with Crippen molar-refractivity contribution in [2.24, 2.45) is 11.8 Å². The molecule has 0 amide bonds. The van der Waals surface area contributed by atoms with Crippen LogP contribution in [0.5, 0.6) is 0 Å². The third kappa shape index (κ3) is 1.82. The maximum atomic E-state index is 5.60. The van der Waals surface area contributed by atoms with Crippen molar-refractivity contribution in [2.45, 2.75) is 50.7 Å². The van der Waals surface area contributed by atoms with Crippen LogP contribution in [0.3, 0.4) is 0 Å². The van der Waals surface area contributed by atoms with Crippen LogP contribution in [0.2, 0.25) is 0 Å². The van der Waals surface area contributed by atoms with Crippen LogP contribution in [0.15, 0.2) is 0 Å². The molecule has 0 radical (unpaired) electrons. The topological polar surface area (TPSA) is 21.3 Å². The zero-order valence-electron chi connectivity index (χ0n) is 9.46. The average Bonchev–Trinajstić information content (AvgIpc) is 2.85. The molecule has 2 heteroatoms. The number of hydrogen-bond acceptors (Lipinski definition) is 2. The summed E-state index contributed by atoms with van der Waals surface area (Å²) in [5.41, 5.74) is 0. The molecule has 14 heavy (non-hydrogen) atoms. The van der Waals surface area contributed by atoms with E-state index in [1.54, 1.807) is 0 Å². The van der Waals surface area contributed by atoms with Crippen LogP contribution in [0.25, 0.3) is 0 Å². The van der Waals surface area contributed by atoms with Gasteiger partial charge in [-0.1, -0.05) is 12.8 Å². The minimum Gasteiger partial charge on any atom is -0.381 e. The van der Waals surface area contributed by atoms with Gasteiger partial charge in [-0.2, -0.15) is 0 Å². The summed E-state index contributed by atoms with van der Waals surface area (Å²) in [4.78, 5) is 0. The molecule has 2 saturated carbocycles. The summed E-state index contributed by atoms with van der Waals surface area (Å²) in [5, 5.41) is 3.48. The SMILES string of the molecule is CNC1CCCC1C1CCCC1OC. The summed E-state index contributed by atoms with van der Waals surface area (Å²) in [6, 6.07) is 0.760. The van der Waals surface area contributed by atoms with Gasteiger partial charge >= 0.3 is 0 Å². The van der Waals surface area contributed by atoms with Crippen molar-refractivity contribution in [1.29, 1.82) is 0 Å². The van der Waals surface area contributed by atoms with Gasteiger partial charge < -0.3 is 10.1 Å². The highest BCUT2D eigenvalue weighted by atomic mass is 16.5. The summed E-state index contributed by atoms with van der Waals surface area (Å²) in [5.74, 6) is 1.72. The summed E-state index contributed by atoms with van der Waals surface area (Å²) in [7, 11) is 3.99. The maximum Gasteiger partial charge on any atom is 0.0602 e. The Morgan fingerprint density at radius 2 is 1.71 bits per heavy atom. The largest absolute Gasteiger partial charge is 0.381 e. The lowest BCUT2D eigenvalue weighted by Gasteiger charge is -2.29. The molecule has 0 bridgehead atoms. The molecule has 0 heterocycles. The molecule has 0 spiro atoms. The average molecular weight is 197 g/mol. The van der Waals surface area contributed by atoms with E-state index in [-0.39, 0.29) is 0 Å². The molecule has 0 aliphatic heterocycles. The highest BCUT2D eigenvalue weighted by Gasteiger charge is 2.39. The van der Waals surface area contributed by atoms with Crippen molar-refractivity contribution in [2.75, 3.05) is 14.2 Å². The molecule has 0 aromatic rings. The number of ether oxygens (including phenoxy) is 1. The molecule has 0 aromatic heterocycles. The fourth-order valence-corrected chi connectivity index (χ4v) is 3.60. The van der Waals surface area contributed by atoms with E-state index in [2.05, 4.69) is 12.4 Å². The van der Waals surface area contributed by atoms with Crippen LogP contribution < -0.4 is 5.32 Å². The molecule has 4 unspecified atom stereocenters. The predicted molar refractivity (Wildman–Crippen MR) is 58.3 cm³/mol. The van der Waals surface area contributed by atoms with E-state index in [0.717, 1.165) is 17.9 Å². The fourth-order valence-electron chi connectivity index (χ4n) is 3.60. The summed E-state index contributed by atoms with van der Waals surface area (Å²) >= 11 is 0. The zero-order valence-corrected chi connectivity index (χ0v) is 9.46. The Balaban J connectivity index is 1.98. The number of hydrogen-bond donors (Lipinski definition) is 1. The number of rotatable bonds is 3. The Labute approximate surface area is 87.4 Å². The van der Waals surface area contributed by atoms with Gasteiger partial charge in [-0.05, 0) is 44.6 Å². The van der Waals surface area contributed by atoms with Crippen molar-refractivity contribution in [3.8, 4) is 0 Å². The van der Waals surface area contributed by atoms with E-state index in [4.69, 9.17) is 4.74 Å². The molecule has 82 valence electrons. The third-order valence-electron chi connectivity index (χ3n) is 4.30. The molecule has 2 aliphatic carbocycles. The molecule has 4 atom stereocenters. The second-order valence-corrected chi connectivity index (χ2v) is 4.86. The van der Waals surface area contributed by atoms with Gasteiger partial charge in [0.05, 0.1) is 6.10 Å². The summed E-state index contributed by atoms with van der Waals surface area (Å²) < 4.78 is 5.60. The van der Waals surface area contributed by atoms with Gasteiger partial charge in [-0.25, -0.2) is 0 Å². The maximum absolute atomic E-state index is 5.60. The standard InChI is InChI=1S/C12H23NO/c1-13-11-7-3-5-9(11)10-6-4-8-12(10)14-2/h9-13H,3-8H2,1-2H3. The van der Waals surface area contributed by atoms with Crippen LogP contribution in [0, 0.1) is 11.8 Å². The van der Waals surface area contributed by atoms with Gasteiger partial charge in [-0.3, -0.25) is 0 Å². The first-order valence-electron chi connectivity index (χ1n) is 6.07. The van der Waals surface area contributed by atoms with Gasteiger partial charge in [0.15, 0.2) is 0 Å². The van der Waals surface area contributed by atoms with Crippen molar-refractivity contribution >= 4 is 0 Å². The Morgan fingerprint density at radius 3 is 2.43 bits per heavy atom.